The van der Waals surface area contributed by atoms with Crippen molar-refractivity contribution < 1.29 is 9.59 Å². The van der Waals surface area contributed by atoms with E-state index in [2.05, 4.69) is 20.4 Å². The lowest BCUT2D eigenvalue weighted by atomic mass is 10.1. The number of hydrogen-bond acceptors (Lipinski definition) is 6. The Labute approximate surface area is 146 Å². The quantitative estimate of drug-likeness (QED) is 0.837. The standard InChI is InChI=1S/C16H25N5O2S/c1-20(2)8-7-13-18-19-16(24-13)17-15(23)11-9-14(22)21(10-11)12-5-3-4-6-12/h11-12H,3-10H2,1-2H3,(H,17,19,23). The maximum absolute atomic E-state index is 12.4. The van der Waals surface area contributed by atoms with E-state index in [1.54, 1.807) is 0 Å². The minimum atomic E-state index is -0.271. The van der Waals surface area contributed by atoms with Gasteiger partial charge in [-0.25, -0.2) is 0 Å². The first-order valence-corrected chi connectivity index (χ1v) is 9.42. The summed E-state index contributed by atoms with van der Waals surface area (Å²) in [6, 6.07) is 0.342. The zero-order valence-corrected chi connectivity index (χ0v) is 15.1. The number of hydrogen-bond donors (Lipinski definition) is 1. The van der Waals surface area contributed by atoms with Gasteiger partial charge in [0.25, 0.3) is 0 Å². The van der Waals surface area contributed by atoms with E-state index >= 15 is 0 Å². The van der Waals surface area contributed by atoms with Crippen LogP contribution in [0, 0.1) is 5.92 Å². The molecule has 2 fully saturated rings. The van der Waals surface area contributed by atoms with Gasteiger partial charge in [-0.2, -0.15) is 0 Å². The SMILES string of the molecule is CN(C)CCc1nnc(NC(=O)C2CC(=O)N(C3CCCC3)C2)s1. The van der Waals surface area contributed by atoms with Gasteiger partial charge in [0.2, 0.25) is 16.9 Å². The van der Waals surface area contributed by atoms with E-state index < -0.39 is 0 Å². The monoisotopic (exact) mass is 351 g/mol. The summed E-state index contributed by atoms with van der Waals surface area (Å²) in [4.78, 5) is 28.6. The van der Waals surface area contributed by atoms with Crippen LogP contribution < -0.4 is 5.32 Å². The Morgan fingerprint density at radius 1 is 1.33 bits per heavy atom. The van der Waals surface area contributed by atoms with Crippen LogP contribution >= 0.6 is 11.3 Å². The maximum Gasteiger partial charge on any atom is 0.231 e. The number of likely N-dealkylation sites (N-methyl/N-ethyl adjacent to an activating group) is 1. The molecule has 24 heavy (non-hydrogen) atoms. The molecule has 1 aromatic rings. The molecule has 132 valence electrons. The lowest BCUT2D eigenvalue weighted by molar-refractivity contribution is -0.129. The molecule has 2 aliphatic rings. The first-order chi connectivity index (χ1) is 11.5. The third-order valence-corrected chi connectivity index (χ3v) is 5.66. The van der Waals surface area contributed by atoms with E-state index in [1.165, 1.54) is 24.2 Å². The fourth-order valence-corrected chi connectivity index (χ4v) is 4.14. The topological polar surface area (TPSA) is 78.4 Å². The van der Waals surface area contributed by atoms with Crippen molar-refractivity contribution in [1.82, 2.24) is 20.0 Å². The minimum absolute atomic E-state index is 0.112. The molecular formula is C16H25N5O2S. The highest BCUT2D eigenvalue weighted by Crippen LogP contribution is 2.30. The third-order valence-electron chi connectivity index (χ3n) is 4.76. The fraction of sp³-hybridized carbons (Fsp3) is 0.750. The van der Waals surface area contributed by atoms with Gasteiger partial charge in [-0.1, -0.05) is 24.2 Å². The van der Waals surface area contributed by atoms with Gasteiger partial charge < -0.3 is 15.1 Å². The zero-order chi connectivity index (χ0) is 17.1. The summed E-state index contributed by atoms with van der Waals surface area (Å²) in [6.45, 7) is 1.44. The number of anilines is 1. The smallest absolute Gasteiger partial charge is 0.231 e. The summed E-state index contributed by atoms with van der Waals surface area (Å²) >= 11 is 1.41. The van der Waals surface area contributed by atoms with Gasteiger partial charge in [0.1, 0.15) is 5.01 Å². The predicted molar refractivity (Wildman–Crippen MR) is 92.9 cm³/mol. The molecule has 1 N–H and O–H groups in total. The predicted octanol–water partition coefficient (Wildman–Crippen LogP) is 1.37. The lowest BCUT2D eigenvalue weighted by Crippen LogP contribution is -2.35. The minimum Gasteiger partial charge on any atom is -0.339 e. The Balaban J connectivity index is 1.52. The van der Waals surface area contributed by atoms with Crippen LogP contribution in [-0.2, 0) is 16.0 Å². The van der Waals surface area contributed by atoms with Crippen LogP contribution in [0.4, 0.5) is 5.13 Å². The van der Waals surface area contributed by atoms with Crippen LogP contribution in [0.2, 0.25) is 0 Å². The molecule has 0 spiro atoms. The van der Waals surface area contributed by atoms with Gasteiger partial charge >= 0.3 is 0 Å². The summed E-state index contributed by atoms with van der Waals surface area (Å²) in [7, 11) is 4.02. The van der Waals surface area contributed by atoms with Crippen molar-refractivity contribution in [3.05, 3.63) is 5.01 Å². The number of likely N-dealkylation sites (tertiary alicyclic amines) is 1. The number of carbonyl (C=O) groups excluding carboxylic acids is 2. The van der Waals surface area contributed by atoms with E-state index in [-0.39, 0.29) is 17.7 Å². The molecule has 8 heteroatoms. The van der Waals surface area contributed by atoms with Crippen molar-refractivity contribution in [1.29, 1.82) is 0 Å². The normalized spacial score (nSPS) is 21.9. The van der Waals surface area contributed by atoms with Gasteiger partial charge in [-0.05, 0) is 26.9 Å². The first-order valence-electron chi connectivity index (χ1n) is 8.60. The van der Waals surface area contributed by atoms with Gasteiger partial charge in [0.05, 0.1) is 5.92 Å². The van der Waals surface area contributed by atoms with E-state index in [0.717, 1.165) is 30.8 Å². The van der Waals surface area contributed by atoms with Gasteiger partial charge in [-0.3, -0.25) is 9.59 Å². The van der Waals surface area contributed by atoms with Gasteiger partial charge in [-0.15, -0.1) is 10.2 Å². The largest absolute Gasteiger partial charge is 0.339 e. The average Bonchev–Trinajstić information content (AvgIpc) is 3.25. The molecule has 2 heterocycles. The molecule has 1 saturated heterocycles. The highest BCUT2D eigenvalue weighted by atomic mass is 32.1. The van der Waals surface area contributed by atoms with E-state index in [0.29, 0.717) is 24.1 Å². The Bertz CT molecular complexity index is 597. The third kappa shape index (κ3) is 4.10. The Hall–Kier alpha value is -1.54. The van der Waals surface area contributed by atoms with Crippen LogP contribution in [0.15, 0.2) is 0 Å². The van der Waals surface area contributed by atoms with Gasteiger partial charge in [0, 0.05) is 32.0 Å². The van der Waals surface area contributed by atoms with E-state index in [9.17, 15) is 9.59 Å². The van der Waals surface area contributed by atoms with Crippen molar-refractivity contribution in [2.24, 2.45) is 5.92 Å². The molecule has 3 rings (SSSR count). The fourth-order valence-electron chi connectivity index (χ4n) is 3.41. The first kappa shape index (κ1) is 17.3. The summed E-state index contributed by atoms with van der Waals surface area (Å²) in [6.07, 6.45) is 5.65. The summed E-state index contributed by atoms with van der Waals surface area (Å²) < 4.78 is 0. The molecule has 1 saturated carbocycles. The van der Waals surface area contributed by atoms with Crippen LogP contribution in [0.5, 0.6) is 0 Å². The van der Waals surface area contributed by atoms with Crippen LogP contribution in [0.25, 0.3) is 0 Å². The molecule has 1 aliphatic heterocycles. The van der Waals surface area contributed by atoms with Crippen molar-refractivity contribution in [2.75, 3.05) is 32.5 Å². The molecule has 1 atom stereocenters. The number of amides is 2. The van der Waals surface area contributed by atoms with Crippen LogP contribution in [0.1, 0.15) is 37.1 Å². The second kappa shape index (κ2) is 7.57. The highest BCUT2D eigenvalue weighted by Gasteiger charge is 2.38. The Morgan fingerprint density at radius 3 is 2.79 bits per heavy atom. The van der Waals surface area contributed by atoms with Gasteiger partial charge in [0.15, 0.2) is 0 Å². The molecule has 1 unspecified atom stereocenters. The lowest BCUT2D eigenvalue weighted by Gasteiger charge is -2.23. The summed E-state index contributed by atoms with van der Waals surface area (Å²) in [5.41, 5.74) is 0. The number of nitrogens with one attached hydrogen (secondary N) is 1. The number of carbonyl (C=O) groups is 2. The number of aromatic nitrogens is 2. The summed E-state index contributed by atoms with van der Waals surface area (Å²) in [5, 5.41) is 12.4. The maximum atomic E-state index is 12.4. The molecular weight excluding hydrogens is 326 g/mol. The van der Waals surface area contributed by atoms with Crippen molar-refractivity contribution in [2.45, 2.75) is 44.6 Å². The Kier molecular flexibility index (Phi) is 5.45. The molecule has 1 aromatic heterocycles. The average molecular weight is 351 g/mol. The number of nitrogens with zero attached hydrogens (tertiary/aromatic N) is 4. The van der Waals surface area contributed by atoms with Crippen molar-refractivity contribution >= 4 is 28.3 Å². The van der Waals surface area contributed by atoms with Crippen molar-refractivity contribution in [3.8, 4) is 0 Å². The van der Waals surface area contributed by atoms with Crippen LogP contribution in [-0.4, -0.2) is 65.0 Å². The Morgan fingerprint density at radius 2 is 2.08 bits per heavy atom. The van der Waals surface area contributed by atoms with E-state index in [1.807, 2.05) is 19.0 Å². The second-order valence-corrected chi connectivity index (χ2v) is 7.99. The number of rotatable bonds is 6. The highest BCUT2D eigenvalue weighted by molar-refractivity contribution is 7.15. The molecule has 0 aromatic carbocycles. The molecule has 0 bridgehead atoms. The van der Waals surface area contributed by atoms with E-state index in [4.69, 9.17) is 0 Å². The van der Waals surface area contributed by atoms with Crippen molar-refractivity contribution in [3.63, 3.8) is 0 Å². The molecule has 1 aliphatic carbocycles. The van der Waals surface area contributed by atoms with Crippen LogP contribution in [0.3, 0.4) is 0 Å². The second-order valence-electron chi connectivity index (χ2n) is 6.93. The molecule has 0 radical (unpaired) electrons. The molecule has 2 amide bonds. The summed E-state index contributed by atoms with van der Waals surface area (Å²) in [5.74, 6) is -0.266. The zero-order valence-electron chi connectivity index (χ0n) is 14.3. The molecule has 7 nitrogen and oxygen atoms in total.